The lowest BCUT2D eigenvalue weighted by Crippen LogP contribution is -1.93. The summed E-state index contributed by atoms with van der Waals surface area (Å²) in [6.45, 7) is 1.91. The number of ether oxygens (including phenoxy) is 1. The molecular formula is C12H11ClN2O. The number of hydrogen-bond acceptors (Lipinski definition) is 3. The molecule has 1 heterocycles. The second kappa shape index (κ2) is 4.41. The summed E-state index contributed by atoms with van der Waals surface area (Å²) >= 11 is 5.99. The maximum atomic E-state index is 5.99. The molecule has 16 heavy (non-hydrogen) atoms. The second-order valence-corrected chi connectivity index (χ2v) is 3.80. The Balaban J connectivity index is 2.30. The number of rotatable bonds is 2. The van der Waals surface area contributed by atoms with E-state index in [9.17, 15) is 0 Å². The fourth-order valence-corrected chi connectivity index (χ4v) is 1.49. The average molecular weight is 235 g/mol. The third kappa shape index (κ3) is 2.25. The highest BCUT2D eigenvalue weighted by Crippen LogP contribution is 2.34. The quantitative estimate of drug-likeness (QED) is 0.810. The summed E-state index contributed by atoms with van der Waals surface area (Å²) in [5.74, 6) is 1.08. The molecular weight excluding hydrogens is 224 g/mol. The third-order valence-electron chi connectivity index (χ3n) is 2.10. The third-order valence-corrected chi connectivity index (χ3v) is 2.40. The molecule has 0 aliphatic heterocycles. The number of aryl methyl sites for hydroxylation is 1. The van der Waals surface area contributed by atoms with E-state index in [0.717, 1.165) is 5.69 Å². The van der Waals surface area contributed by atoms with Crippen molar-refractivity contribution in [3.05, 3.63) is 47.2 Å². The molecule has 1 aromatic carbocycles. The van der Waals surface area contributed by atoms with Crippen molar-refractivity contribution in [1.29, 1.82) is 0 Å². The number of pyridine rings is 1. The van der Waals surface area contributed by atoms with Crippen molar-refractivity contribution in [3.63, 3.8) is 0 Å². The van der Waals surface area contributed by atoms with Crippen molar-refractivity contribution in [1.82, 2.24) is 4.98 Å². The lowest BCUT2D eigenvalue weighted by Gasteiger charge is -2.09. The molecule has 0 radical (unpaired) electrons. The molecule has 2 rings (SSSR count). The van der Waals surface area contributed by atoms with Gasteiger partial charge in [0.2, 0.25) is 0 Å². The van der Waals surface area contributed by atoms with E-state index in [0.29, 0.717) is 22.2 Å². The van der Waals surface area contributed by atoms with Crippen molar-refractivity contribution in [2.24, 2.45) is 0 Å². The van der Waals surface area contributed by atoms with Gasteiger partial charge >= 0.3 is 0 Å². The Kier molecular flexibility index (Phi) is 2.97. The number of para-hydroxylation sites is 1. The standard InChI is InChI=1S/C12H11ClN2O/c1-8-5-6-9(7-15-8)16-12-10(13)3-2-4-11(12)14/h2-7H,14H2,1H3. The Morgan fingerprint density at radius 1 is 1.25 bits per heavy atom. The molecule has 0 fully saturated rings. The smallest absolute Gasteiger partial charge is 0.168 e. The number of halogens is 1. The first-order valence-corrected chi connectivity index (χ1v) is 5.19. The number of nitrogens with two attached hydrogens (primary N) is 1. The molecule has 0 bridgehead atoms. The minimum Gasteiger partial charge on any atom is -0.452 e. The highest BCUT2D eigenvalue weighted by molar-refractivity contribution is 6.32. The van der Waals surface area contributed by atoms with E-state index in [2.05, 4.69) is 4.98 Å². The van der Waals surface area contributed by atoms with Gasteiger partial charge in [-0.05, 0) is 31.2 Å². The first-order valence-electron chi connectivity index (χ1n) is 4.81. The largest absolute Gasteiger partial charge is 0.452 e. The van der Waals surface area contributed by atoms with Gasteiger partial charge in [0.15, 0.2) is 5.75 Å². The Bertz CT molecular complexity index is 477. The minimum absolute atomic E-state index is 0.467. The van der Waals surface area contributed by atoms with Crippen LogP contribution in [0.4, 0.5) is 5.69 Å². The molecule has 0 atom stereocenters. The molecule has 0 saturated carbocycles. The van der Waals surface area contributed by atoms with Crippen LogP contribution in [0.5, 0.6) is 11.5 Å². The molecule has 0 amide bonds. The van der Waals surface area contributed by atoms with Crippen molar-refractivity contribution in [2.75, 3.05) is 5.73 Å². The zero-order valence-corrected chi connectivity index (χ0v) is 9.53. The van der Waals surface area contributed by atoms with Crippen LogP contribution < -0.4 is 10.5 Å². The molecule has 2 aromatic rings. The van der Waals surface area contributed by atoms with Crippen LogP contribution in [0.25, 0.3) is 0 Å². The SMILES string of the molecule is Cc1ccc(Oc2c(N)cccc2Cl)cn1. The number of aromatic nitrogens is 1. The van der Waals surface area contributed by atoms with Crippen LogP contribution in [0.15, 0.2) is 36.5 Å². The average Bonchev–Trinajstić information content (AvgIpc) is 2.26. The van der Waals surface area contributed by atoms with Crippen LogP contribution in [0.2, 0.25) is 5.02 Å². The van der Waals surface area contributed by atoms with Gasteiger partial charge in [-0.1, -0.05) is 17.7 Å². The molecule has 3 nitrogen and oxygen atoms in total. The van der Waals surface area contributed by atoms with Gasteiger partial charge < -0.3 is 10.5 Å². The van der Waals surface area contributed by atoms with E-state index >= 15 is 0 Å². The maximum absolute atomic E-state index is 5.99. The van der Waals surface area contributed by atoms with Crippen LogP contribution in [-0.2, 0) is 0 Å². The topological polar surface area (TPSA) is 48.1 Å². The Morgan fingerprint density at radius 3 is 2.69 bits per heavy atom. The lowest BCUT2D eigenvalue weighted by atomic mass is 10.3. The summed E-state index contributed by atoms with van der Waals surface area (Å²) in [6, 6.07) is 8.93. The summed E-state index contributed by atoms with van der Waals surface area (Å²) in [4.78, 5) is 4.13. The molecule has 2 N–H and O–H groups in total. The first kappa shape index (κ1) is 10.8. The van der Waals surface area contributed by atoms with Crippen molar-refractivity contribution < 1.29 is 4.74 Å². The van der Waals surface area contributed by atoms with E-state index in [1.165, 1.54) is 0 Å². The van der Waals surface area contributed by atoms with Gasteiger partial charge in [-0.25, -0.2) is 0 Å². The van der Waals surface area contributed by atoms with Gasteiger partial charge in [-0.2, -0.15) is 0 Å². The summed E-state index contributed by atoms with van der Waals surface area (Å²) in [6.07, 6.45) is 1.64. The van der Waals surface area contributed by atoms with Crippen LogP contribution in [-0.4, -0.2) is 4.98 Å². The number of nitrogens with zero attached hydrogens (tertiary/aromatic N) is 1. The van der Waals surface area contributed by atoms with Crippen LogP contribution in [0, 0.1) is 6.92 Å². The molecule has 4 heteroatoms. The highest BCUT2D eigenvalue weighted by Gasteiger charge is 2.06. The van der Waals surface area contributed by atoms with Gasteiger partial charge in [0.1, 0.15) is 5.75 Å². The molecule has 0 unspecified atom stereocenters. The summed E-state index contributed by atoms with van der Waals surface area (Å²) in [7, 11) is 0. The predicted molar refractivity (Wildman–Crippen MR) is 64.9 cm³/mol. The maximum Gasteiger partial charge on any atom is 0.168 e. The van der Waals surface area contributed by atoms with Crippen LogP contribution >= 0.6 is 11.6 Å². The second-order valence-electron chi connectivity index (χ2n) is 3.40. The van der Waals surface area contributed by atoms with E-state index in [1.54, 1.807) is 24.4 Å². The van der Waals surface area contributed by atoms with Crippen molar-refractivity contribution >= 4 is 17.3 Å². The van der Waals surface area contributed by atoms with E-state index in [4.69, 9.17) is 22.1 Å². The molecule has 0 saturated heterocycles. The molecule has 0 aliphatic rings. The molecule has 82 valence electrons. The lowest BCUT2D eigenvalue weighted by molar-refractivity contribution is 0.482. The Morgan fingerprint density at radius 2 is 2.06 bits per heavy atom. The van der Waals surface area contributed by atoms with Gasteiger partial charge in [0, 0.05) is 5.69 Å². The Hall–Kier alpha value is -1.74. The highest BCUT2D eigenvalue weighted by atomic mass is 35.5. The summed E-state index contributed by atoms with van der Waals surface area (Å²) in [5, 5.41) is 0.487. The van der Waals surface area contributed by atoms with E-state index in [-0.39, 0.29) is 0 Å². The zero-order valence-electron chi connectivity index (χ0n) is 8.77. The van der Waals surface area contributed by atoms with Gasteiger partial charge in [-0.15, -0.1) is 0 Å². The molecule has 1 aromatic heterocycles. The fourth-order valence-electron chi connectivity index (χ4n) is 1.27. The molecule has 0 spiro atoms. The van der Waals surface area contributed by atoms with Crippen molar-refractivity contribution in [2.45, 2.75) is 6.92 Å². The summed E-state index contributed by atoms with van der Waals surface area (Å²) in [5.41, 5.74) is 7.21. The Labute approximate surface area is 98.8 Å². The number of nitrogen functional groups attached to an aromatic ring is 1. The van der Waals surface area contributed by atoms with Gasteiger partial charge in [-0.3, -0.25) is 4.98 Å². The van der Waals surface area contributed by atoms with Crippen LogP contribution in [0.3, 0.4) is 0 Å². The monoisotopic (exact) mass is 234 g/mol. The number of hydrogen-bond donors (Lipinski definition) is 1. The molecule has 0 aliphatic carbocycles. The van der Waals surface area contributed by atoms with Gasteiger partial charge in [0.05, 0.1) is 16.9 Å². The fraction of sp³-hybridized carbons (Fsp3) is 0.0833. The minimum atomic E-state index is 0.467. The number of anilines is 1. The van der Waals surface area contributed by atoms with Crippen LogP contribution in [0.1, 0.15) is 5.69 Å². The first-order chi connectivity index (χ1) is 7.66. The van der Waals surface area contributed by atoms with Crippen molar-refractivity contribution in [3.8, 4) is 11.5 Å². The van der Waals surface area contributed by atoms with E-state index in [1.807, 2.05) is 19.1 Å². The van der Waals surface area contributed by atoms with E-state index < -0.39 is 0 Å². The normalized spacial score (nSPS) is 10.1. The number of benzene rings is 1. The predicted octanol–water partition coefficient (Wildman–Crippen LogP) is 3.42. The zero-order chi connectivity index (χ0) is 11.5. The van der Waals surface area contributed by atoms with Gasteiger partial charge in [0.25, 0.3) is 0 Å². The summed E-state index contributed by atoms with van der Waals surface area (Å²) < 4.78 is 5.58.